The zero-order valence-electron chi connectivity index (χ0n) is 12.7. The Bertz CT molecular complexity index is 734. The molecule has 0 aliphatic rings. The minimum atomic E-state index is -0.369. The lowest BCUT2D eigenvalue weighted by molar-refractivity contribution is -0.114. The predicted molar refractivity (Wildman–Crippen MR) is 91.8 cm³/mol. The van der Waals surface area contributed by atoms with E-state index in [-0.39, 0.29) is 17.7 Å². The fourth-order valence-corrected chi connectivity index (χ4v) is 2.28. The first-order valence-electron chi connectivity index (χ1n) is 6.97. The Labute approximate surface area is 142 Å². The summed E-state index contributed by atoms with van der Waals surface area (Å²) in [4.78, 5) is 27.8. The van der Waals surface area contributed by atoms with Crippen molar-refractivity contribution in [2.24, 2.45) is 0 Å². The van der Waals surface area contributed by atoms with Gasteiger partial charge in [-0.15, -0.1) is 0 Å². The number of nitrogens with one attached hydrogen (secondary N) is 2. The smallest absolute Gasteiger partial charge is 0.261 e. The normalized spacial score (nSPS) is 10.0. The molecule has 0 saturated carbocycles. The number of hydrogen-bond acceptors (Lipinski definition) is 4. The van der Waals surface area contributed by atoms with E-state index in [2.05, 4.69) is 31.5 Å². The zero-order chi connectivity index (χ0) is 16.8. The molecule has 6 nitrogen and oxygen atoms in total. The van der Waals surface area contributed by atoms with E-state index < -0.39 is 0 Å². The molecule has 0 bridgehead atoms. The van der Waals surface area contributed by atoms with E-state index in [0.29, 0.717) is 23.5 Å². The number of pyridine rings is 1. The van der Waals surface area contributed by atoms with Crippen molar-refractivity contribution in [3.8, 4) is 5.88 Å². The van der Waals surface area contributed by atoms with E-state index in [1.54, 1.807) is 36.5 Å². The standard InChI is InChI=1S/C16H16BrN3O3/c1-3-23-16-12(5-4-8-18-16)15(22)20-14-9-11(17)6-7-13(14)19-10(2)21/h4-9H,3H2,1-2H3,(H,19,21)(H,20,22). The Balaban J connectivity index is 2.30. The van der Waals surface area contributed by atoms with Crippen LogP contribution in [0.15, 0.2) is 41.0 Å². The minimum absolute atomic E-state index is 0.223. The molecule has 0 spiro atoms. The summed E-state index contributed by atoms with van der Waals surface area (Å²) in [5.41, 5.74) is 1.31. The summed E-state index contributed by atoms with van der Waals surface area (Å²) in [5.74, 6) is -0.325. The number of ether oxygens (including phenoxy) is 1. The molecule has 0 saturated heterocycles. The van der Waals surface area contributed by atoms with Gasteiger partial charge in [0.1, 0.15) is 5.56 Å². The largest absolute Gasteiger partial charge is 0.477 e. The molecular weight excluding hydrogens is 362 g/mol. The second-order valence-corrected chi connectivity index (χ2v) is 5.53. The highest BCUT2D eigenvalue weighted by Crippen LogP contribution is 2.27. The van der Waals surface area contributed by atoms with Crippen LogP contribution in [0.4, 0.5) is 11.4 Å². The molecule has 2 amide bonds. The van der Waals surface area contributed by atoms with Gasteiger partial charge < -0.3 is 15.4 Å². The van der Waals surface area contributed by atoms with E-state index in [0.717, 1.165) is 4.47 Å². The first-order chi connectivity index (χ1) is 11.0. The Morgan fingerprint density at radius 2 is 2.00 bits per heavy atom. The van der Waals surface area contributed by atoms with Crippen molar-refractivity contribution in [3.63, 3.8) is 0 Å². The van der Waals surface area contributed by atoms with Gasteiger partial charge in [-0.3, -0.25) is 9.59 Å². The number of aromatic nitrogens is 1. The van der Waals surface area contributed by atoms with Crippen LogP contribution >= 0.6 is 15.9 Å². The number of carbonyl (C=O) groups excluding carboxylic acids is 2. The topological polar surface area (TPSA) is 80.3 Å². The Morgan fingerprint density at radius 3 is 2.70 bits per heavy atom. The number of carbonyl (C=O) groups is 2. The summed E-state index contributed by atoms with van der Waals surface area (Å²) < 4.78 is 6.14. The third kappa shape index (κ3) is 4.53. The molecule has 2 aromatic rings. The van der Waals surface area contributed by atoms with Crippen LogP contribution in [0, 0.1) is 0 Å². The monoisotopic (exact) mass is 377 g/mol. The van der Waals surface area contributed by atoms with Crippen LogP contribution in [-0.2, 0) is 4.79 Å². The summed E-state index contributed by atoms with van der Waals surface area (Å²) in [6.45, 7) is 3.63. The van der Waals surface area contributed by atoms with Crippen LogP contribution < -0.4 is 15.4 Å². The van der Waals surface area contributed by atoms with Gasteiger partial charge in [0.15, 0.2) is 0 Å². The number of nitrogens with zero attached hydrogens (tertiary/aromatic N) is 1. The van der Waals surface area contributed by atoms with Gasteiger partial charge in [-0.2, -0.15) is 0 Å². The number of halogens is 1. The summed E-state index contributed by atoms with van der Waals surface area (Å²) in [6, 6.07) is 8.47. The summed E-state index contributed by atoms with van der Waals surface area (Å²) in [6.07, 6.45) is 1.56. The van der Waals surface area contributed by atoms with Crippen LogP contribution in [0.3, 0.4) is 0 Å². The van der Waals surface area contributed by atoms with Gasteiger partial charge in [0.25, 0.3) is 5.91 Å². The number of rotatable bonds is 5. The molecule has 23 heavy (non-hydrogen) atoms. The fourth-order valence-electron chi connectivity index (χ4n) is 1.92. The summed E-state index contributed by atoms with van der Waals surface area (Å²) >= 11 is 3.35. The molecule has 0 aliphatic heterocycles. The van der Waals surface area contributed by atoms with Gasteiger partial charge in [0, 0.05) is 17.6 Å². The van der Waals surface area contributed by atoms with Crippen LogP contribution in [0.5, 0.6) is 5.88 Å². The molecule has 0 fully saturated rings. The van der Waals surface area contributed by atoms with Gasteiger partial charge in [0.2, 0.25) is 11.8 Å². The van der Waals surface area contributed by atoms with Crippen molar-refractivity contribution in [3.05, 3.63) is 46.6 Å². The number of anilines is 2. The molecular formula is C16H16BrN3O3. The zero-order valence-corrected chi connectivity index (χ0v) is 14.3. The average Bonchev–Trinajstić information content (AvgIpc) is 2.50. The maximum Gasteiger partial charge on any atom is 0.261 e. The second-order valence-electron chi connectivity index (χ2n) is 4.61. The predicted octanol–water partition coefficient (Wildman–Crippen LogP) is 3.45. The highest BCUT2D eigenvalue weighted by molar-refractivity contribution is 9.10. The molecule has 7 heteroatoms. The fraction of sp³-hybridized carbons (Fsp3) is 0.188. The quantitative estimate of drug-likeness (QED) is 0.835. The number of amides is 2. The number of benzene rings is 1. The molecule has 2 N–H and O–H groups in total. The van der Waals surface area contributed by atoms with Crippen molar-refractivity contribution in [2.45, 2.75) is 13.8 Å². The molecule has 0 aliphatic carbocycles. The van der Waals surface area contributed by atoms with Crippen LogP contribution in [-0.4, -0.2) is 23.4 Å². The highest BCUT2D eigenvalue weighted by Gasteiger charge is 2.15. The summed E-state index contributed by atoms with van der Waals surface area (Å²) in [7, 11) is 0. The lowest BCUT2D eigenvalue weighted by Crippen LogP contribution is -2.16. The maximum absolute atomic E-state index is 12.5. The van der Waals surface area contributed by atoms with Crippen molar-refractivity contribution >= 4 is 39.1 Å². The maximum atomic E-state index is 12.5. The lowest BCUT2D eigenvalue weighted by atomic mass is 10.2. The van der Waals surface area contributed by atoms with Crippen LogP contribution in [0.2, 0.25) is 0 Å². The molecule has 120 valence electrons. The first-order valence-corrected chi connectivity index (χ1v) is 7.77. The van der Waals surface area contributed by atoms with Gasteiger partial charge in [0.05, 0.1) is 18.0 Å². The molecule has 0 radical (unpaired) electrons. The molecule has 1 aromatic heterocycles. The lowest BCUT2D eigenvalue weighted by Gasteiger charge is -2.13. The van der Waals surface area contributed by atoms with Gasteiger partial charge in [-0.1, -0.05) is 15.9 Å². The molecule has 2 rings (SSSR count). The third-order valence-electron chi connectivity index (χ3n) is 2.84. The van der Waals surface area contributed by atoms with Gasteiger partial charge in [-0.25, -0.2) is 4.98 Å². The van der Waals surface area contributed by atoms with E-state index >= 15 is 0 Å². The Morgan fingerprint density at radius 1 is 1.22 bits per heavy atom. The minimum Gasteiger partial charge on any atom is -0.477 e. The van der Waals surface area contributed by atoms with E-state index in [9.17, 15) is 9.59 Å². The molecule has 1 aromatic carbocycles. The third-order valence-corrected chi connectivity index (χ3v) is 3.33. The van der Waals surface area contributed by atoms with E-state index in [1.165, 1.54) is 6.92 Å². The molecule has 1 heterocycles. The van der Waals surface area contributed by atoms with Crippen molar-refractivity contribution in [1.82, 2.24) is 4.98 Å². The highest BCUT2D eigenvalue weighted by atomic mass is 79.9. The molecule has 0 unspecified atom stereocenters. The average molecular weight is 378 g/mol. The van der Waals surface area contributed by atoms with Gasteiger partial charge in [-0.05, 0) is 37.3 Å². The van der Waals surface area contributed by atoms with Gasteiger partial charge >= 0.3 is 0 Å². The summed E-state index contributed by atoms with van der Waals surface area (Å²) in [5, 5.41) is 5.44. The van der Waals surface area contributed by atoms with Crippen molar-refractivity contribution in [2.75, 3.05) is 17.2 Å². The van der Waals surface area contributed by atoms with Crippen molar-refractivity contribution < 1.29 is 14.3 Å². The second kappa shape index (κ2) is 7.73. The Kier molecular flexibility index (Phi) is 5.70. The van der Waals surface area contributed by atoms with Crippen LogP contribution in [0.1, 0.15) is 24.2 Å². The Hall–Kier alpha value is -2.41. The van der Waals surface area contributed by atoms with E-state index in [1.807, 2.05) is 6.92 Å². The SMILES string of the molecule is CCOc1ncccc1C(=O)Nc1cc(Br)ccc1NC(C)=O. The van der Waals surface area contributed by atoms with E-state index in [4.69, 9.17) is 4.74 Å². The molecule has 0 atom stereocenters. The van der Waals surface area contributed by atoms with Crippen molar-refractivity contribution in [1.29, 1.82) is 0 Å². The number of hydrogen-bond donors (Lipinski definition) is 2. The first kappa shape index (κ1) is 17.0. The van der Waals surface area contributed by atoms with Crippen LogP contribution in [0.25, 0.3) is 0 Å².